The normalized spacial score (nSPS) is 20.2. The highest BCUT2D eigenvalue weighted by atomic mass is 16.3. The quantitative estimate of drug-likeness (QED) is 0.850. The van der Waals surface area contributed by atoms with E-state index in [4.69, 9.17) is 0 Å². The number of pyridine rings is 1. The van der Waals surface area contributed by atoms with Gasteiger partial charge >= 0.3 is 0 Å². The lowest BCUT2D eigenvalue weighted by Gasteiger charge is -2.18. The largest absolute Gasteiger partial charge is 0.386 e. The van der Waals surface area contributed by atoms with Crippen LogP contribution >= 0.6 is 0 Å². The van der Waals surface area contributed by atoms with Gasteiger partial charge in [-0.25, -0.2) is 0 Å². The SMILES string of the molecule is Cn1nccc1C(O)C1CCc2cccnc21. The predicted octanol–water partition coefficient (Wildman–Crippen LogP) is 1.58. The van der Waals surface area contributed by atoms with Crippen LogP contribution in [0.5, 0.6) is 0 Å². The van der Waals surface area contributed by atoms with Crippen molar-refractivity contribution in [3.8, 4) is 0 Å². The van der Waals surface area contributed by atoms with Gasteiger partial charge in [0, 0.05) is 31.1 Å². The first-order chi connectivity index (χ1) is 8.27. The molecule has 0 aliphatic heterocycles. The smallest absolute Gasteiger partial charge is 0.104 e. The fourth-order valence-corrected chi connectivity index (χ4v) is 2.63. The molecule has 0 bridgehead atoms. The first kappa shape index (κ1) is 10.5. The summed E-state index contributed by atoms with van der Waals surface area (Å²) >= 11 is 0. The van der Waals surface area contributed by atoms with Gasteiger partial charge in [-0.3, -0.25) is 9.67 Å². The van der Waals surface area contributed by atoms with Crippen LogP contribution in [0.2, 0.25) is 0 Å². The maximum Gasteiger partial charge on any atom is 0.104 e. The molecule has 0 saturated carbocycles. The van der Waals surface area contributed by atoms with Crippen molar-refractivity contribution in [2.45, 2.75) is 24.9 Å². The van der Waals surface area contributed by atoms with Crippen LogP contribution in [0.4, 0.5) is 0 Å². The summed E-state index contributed by atoms with van der Waals surface area (Å²) in [5, 5.41) is 14.5. The molecule has 88 valence electrons. The molecule has 4 heteroatoms. The van der Waals surface area contributed by atoms with Crippen molar-refractivity contribution in [3.63, 3.8) is 0 Å². The molecule has 1 aliphatic rings. The Bertz CT molecular complexity index is 535. The molecule has 0 aromatic carbocycles. The van der Waals surface area contributed by atoms with Crippen LogP contribution in [0, 0.1) is 0 Å². The number of hydrogen-bond acceptors (Lipinski definition) is 3. The monoisotopic (exact) mass is 229 g/mol. The van der Waals surface area contributed by atoms with Crippen LogP contribution in [0.3, 0.4) is 0 Å². The molecule has 3 rings (SSSR count). The number of aryl methyl sites for hydroxylation is 2. The number of aromatic nitrogens is 3. The standard InChI is InChI=1S/C13H15N3O/c1-16-11(6-8-15-16)13(17)10-5-4-9-3-2-7-14-12(9)10/h2-3,6-8,10,13,17H,4-5H2,1H3. The van der Waals surface area contributed by atoms with E-state index in [2.05, 4.69) is 16.1 Å². The summed E-state index contributed by atoms with van der Waals surface area (Å²) in [6.07, 6.45) is 4.96. The zero-order chi connectivity index (χ0) is 11.8. The molecule has 2 unspecified atom stereocenters. The Balaban J connectivity index is 1.95. The zero-order valence-corrected chi connectivity index (χ0v) is 9.74. The highest BCUT2D eigenvalue weighted by molar-refractivity contribution is 5.31. The van der Waals surface area contributed by atoms with E-state index in [0.29, 0.717) is 0 Å². The zero-order valence-electron chi connectivity index (χ0n) is 9.74. The Hall–Kier alpha value is -1.68. The highest BCUT2D eigenvalue weighted by Gasteiger charge is 2.31. The summed E-state index contributed by atoms with van der Waals surface area (Å²) in [7, 11) is 1.85. The Morgan fingerprint density at radius 2 is 2.29 bits per heavy atom. The average Bonchev–Trinajstić information content (AvgIpc) is 2.94. The fourth-order valence-electron chi connectivity index (χ4n) is 2.63. The average molecular weight is 229 g/mol. The van der Waals surface area contributed by atoms with Gasteiger partial charge in [0.15, 0.2) is 0 Å². The molecule has 0 radical (unpaired) electrons. The number of aliphatic hydroxyl groups excluding tert-OH is 1. The van der Waals surface area contributed by atoms with Gasteiger partial charge in [-0.2, -0.15) is 5.10 Å². The van der Waals surface area contributed by atoms with Crippen molar-refractivity contribution < 1.29 is 5.11 Å². The van der Waals surface area contributed by atoms with Gasteiger partial charge in [-0.1, -0.05) is 6.07 Å². The number of nitrogens with zero attached hydrogens (tertiary/aromatic N) is 3. The van der Waals surface area contributed by atoms with Crippen molar-refractivity contribution in [2.75, 3.05) is 0 Å². The number of aliphatic hydroxyl groups is 1. The Kier molecular flexibility index (Phi) is 2.44. The van der Waals surface area contributed by atoms with Gasteiger partial charge in [-0.15, -0.1) is 0 Å². The maximum atomic E-state index is 10.4. The molecule has 0 spiro atoms. The lowest BCUT2D eigenvalue weighted by molar-refractivity contribution is 0.134. The summed E-state index contributed by atoms with van der Waals surface area (Å²) < 4.78 is 1.73. The van der Waals surface area contributed by atoms with Gasteiger partial charge in [0.1, 0.15) is 6.10 Å². The molecule has 1 N–H and O–H groups in total. The van der Waals surface area contributed by atoms with Gasteiger partial charge < -0.3 is 5.11 Å². The molecule has 2 heterocycles. The van der Waals surface area contributed by atoms with E-state index in [1.807, 2.05) is 19.2 Å². The van der Waals surface area contributed by atoms with Gasteiger partial charge in [0.2, 0.25) is 0 Å². The topological polar surface area (TPSA) is 50.9 Å². The van der Waals surface area contributed by atoms with Gasteiger partial charge in [0.05, 0.1) is 5.69 Å². The van der Waals surface area contributed by atoms with Gasteiger partial charge in [0.25, 0.3) is 0 Å². The molecular formula is C13H15N3O. The second-order valence-electron chi connectivity index (χ2n) is 4.52. The van der Waals surface area contributed by atoms with E-state index >= 15 is 0 Å². The second-order valence-corrected chi connectivity index (χ2v) is 4.52. The number of fused-ring (bicyclic) bond motifs is 1. The molecular weight excluding hydrogens is 214 g/mol. The molecule has 0 amide bonds. The van der Waals surface area contributed by atoms with Crippen LogP contribution < -0.4 is 0 Å². The summed E-state index contributed by atoms with van der Waals surface area (Å²) in [4.78, 5) is 4.41. The van der Waals surface area contributed by atoms with E-state index in [0.717, 1.165) is 24.2 Å². The molecule has 2 atom stereocenters. The minimum atomic E-state index is -0.515. The minimum absolute atomic E-state index is 0.0987. The third-order valence-electron chi connectivity index (χ3n) is 3.54. The van der Waals surface area contributed by atoms with E-state index in [1.165, 1.54) is 5.56 Å². The molecule has 0 saturated heterocycles. The Labute approximate surface area is 99.9 Å². The maximum absolute atomic E-state index is 10.4. The van der Waals surface area contributed by atoms with Crippen LogP contribution in [0.15, 0.2) is 30.6 Å². The second kappa shape index (κ2) is 3.96. The molecule has 17 heavy (non-hydrogen) atoms. The Morgan fingerprint density at radius 1 is 1.41 bits per heavy atom. The van der Waals surface area contributed by atoms with Crippen molar-refractivity contribution in [2.24, 2.45) is 7.05 Å². The molecule has 2 aromatic rings. The first-order valence-corrected chi connectivity index (χ1v) is 5.87. The van der Waals surface area contributed by atoms with Gasteiger partial charge in [-0.05, 0) is 30.5 Å². The number of hydrogen-bond donors (Lipinski definition) is 1. The summed E-state index contributed by atoms with van der Waals surface area (Å²) in [5.74, 6) is 0.0987. The first-order valence-electron chi connectivity index (χ1n) is 5.87. The van der Waals surface area contributed by atoms with Crippen LogP contribution in [-0.2, 0) is 13.5 Å². The van der Waals surface area contributed by atoms with Crippen molar-refractivity contribution >= 4 is 0 Å². The van der Waals surface area contributed by atoms with Crippen LogP contribution in [0.25, 0.3) is 0 Å². The Morgan fingerprint density at radius 3 is 3.06 bits per heavy atom. The lowest BCUT2D eigenvalue weighted by atomic mass is 9.97. The fraction of sp³-hybridized carbons (Fsp3) is 0.385. The van der Waals surface area contributed by atoms with Crippen molar-refractivity contribution in [1.29, 1.82) is 0 Å². The van der Waals surface area contributed by atoms with Crippen LogP contribution in [0.1, 0.15) is 35.4 Å². The molecule has 4 nitrogen and oxygen atoms in total. The summed E-state index contributed by atoms with van der Waals surface area (Å²) in [6, 6.07) is 5.92. The van der Waals surface area contributed by atoms with Crippen molar-refractivity contribution in [1.82, 2.24) is 14.8 Å². The van der Waals surface area contributed by atoms with Crippen molar-refractivity contribution in [3.05, 3.63) is 47.5 Å². The molecule has 1 aliphatic carbocycles. The van der Waals surface area contributed by atoms with E-state index in [9.17, 15) is 5.11 Å². The highest BCUT2D eigenvalue weighted by Crippen LogP contribution is 2.39. The summed E-state index contributed by atoms with van der Waals surface area (Å²) in [6.45, 7) is 0. The molecule has 2 aromatic heterocycles. The van der Waals surface area contributed by atoms with E-state index in [1.54, 1.807) is 17.1 Å². The van der Waals surface area contributed by atoms with Crippen LogP contribution in [-0.4, -0.2) is 19.9 Å². The van der Waals surface area contributed by atoms with E-state index < -0.39 is 6.10 Å². The van der Waals surface area contributed by atoms with E-state index in [-0.39, 0.29) is 5.92 Å². The number of rotatable bonds is 2. The lowest BCUT2D eigenvalue weighted by Crippen LogP contribution is -2.13. The summed E-state index contributed by atoms with van der Waals surface area (Å²) in [5.41, 5.74) is 3.16. The third kappa shape index (κ3) is 1.65. The minimum Gasteiger partial charge on any atom is -0.386 e. The molecule has 0 fully saturated rings. The predicted molar refractivity (Wildman–Crippen MR) is 63.5 cm³/mol. The third-order valence-corrected chi connectivity index (χ3v) is 3.54.